The van der Waals surface area contributed by atoms with Crippen LogP contribution in [0.25, 0.3) is 0 Å². The van der Waals surface area contributed by atoms with Crippen LogP contribution < -0.4 is 0 Å². The summed E-state index contributed by atoms with van der Waals surface area (Å²) in [6.07, 6.45) is 2.54. The van der Waals surface area contributed by atoms with Crippen LogP contribution in [0, 0.1) is 0 Å². The normalized spacial score (nSPS) is 23.3. The number of nitrogens with zero attached hydrogens (tertiary/aromatic N) is 6. The number of carbonyl (C=O) groups excluding carboxylic acids is 6. The summed E-state index contributed by atoms with van der Waals surface area (Å²) in [6.45, 7) is 4.98. The molecule has 4 saturated heterocycles. The topological polar surface area (TPSA) is 140 Å². The molecule has 0 aliphatic carbocycles. The Morgan fingerprint density at radius 2 is 0.895 bits per heavy atom. The number of hydrogen-bond donors (Lipinski definition) is 0. The Balaban J connectivity index is 1.25. The first-order chi connectivity index (χ1) is 18.2. The van der Waals surface area contributed by atoms with Crippen molar-refractivity contribution < 1.29 is 38.2 Å². The van der Waals surface area contributed by atoms with Crippen molar-refractivity contribution in [3.63, 3.8) is 0 Å². The first kappa shape index (κ1) is 27.8. The quantitative estimate of drug-likeness (QED) is 0.391. The average Bonchev–Trinajstić information content (AvgIpc) is 3.61. The van der Waals surface area contributed by atoms with Gasteiger partial charge in [0, 0.05) is 38.3 Å². The molecular weight excluding hydrogens is 500 g/mol. The van der Waals surface area contributed by atoms with Gasteiger partial charge in [0.1, 0.15) is 0 Å². The lowest BCUT2D eigenvalue weighted by Crippen LogP contribution is -2.63. The highest BCUT2D eigenvalue weighted by Gasteiger charge is 2.40. The lowest BCUT2D eigenvalue weighted by atomic mass is 10.1. The minimum absolute atomic E-state index is 0.0627. The molecule has 0 aromatic carbocycles. The number of likely N-dealkylation sites (tertiary alicyclic amines) is 2. The van der Waals surface area contributed by atoms with Gasteiger partial charge in [0.15, 0.2) is 13.5 Å². The van der Waals surface area contributed by atoms with Gasteiger partial charge in [-0.2, -0.15) is 0 Å². The standard InChI is InChI=1S/C24H36N6O8/c1-17(27-11-19(31)29(20(32)12-27)15-37-23(35)25-7-3-4-8-25)18(2)28-13-21(33)30(22(34)14-28)16-38-24(36)26-9-5-6-10-26/h17-18H,3-16H2,1-2H3. The molecule has 14 nitrogen and oxygen atoms in total. The van der Waals surface area contributed by atoms with Gasteiger partial charge in [0.2, 0.25) is 23.6 Å². The SMILES string of the molecule is CC(C(C)N1CC(=O)N(COC(=O)N2CCCC2)C(=O)C1)N1CC(=O)N(COC(=O)N2CCCC2)C(=O)C1. The summed E-state index contributed by atoms with van der Waals surface area (Å²) >= 11 is 0. The summed E-state index contributed by atoms with van der Waals surface area (Å²) in [7, 11) is 0. The fourth-order valence-corrected chi connectivity index (χ4v) is 5.12. The molecule has 4 fully saturated rings. The van der Waals surface area contributed by atoms with E-state index < -0.39 is 49.3 Å². The van der Waals surface area contributed by atoms with Crippen molar-refractivity contribution in [1.29, 1.82) is 0 Å². The lowest BCUT2D eigenvalue weighted by molar-refractivity contribution is -0.162. The maximum atomic E-state index is 12.7. The van der Waals surface area contributed by atoms with Gasteiger partial charge >= 0.3 is 12.2 Å². The van der Waals surface area contributed by atoms with Crippen molar-refractivity contribution in [2.45, 2.75) is 51.6 Å². The number of carbonyl (C=O) groups is 6. The Morgan fingerprint density at radius 3 is 1.18 bits per heavy atom. The number of hydrogen-bond acceptors (Lipinski definition) is 10. The number of rotatable bonds is 7. The van der Waals surface area contributed by atoms with Gasteiger partial charge in [-0.05, 0) is 39.5 Å². The van der Waals surface area contributed by atoms with E-state index in [1.165, 1.54) is 0 Å². The monoisotopic (exact) mass is 536 g/mol. The minimum Gasteiger partial charge on any atom is -0.427 e. The van der Waals surface area contributed by atoms with E-state index in [1.807, 2.05) is 13.8 Å². The second-order valence-corrected chi connectivity index (χ2v) is 10.2. The highest BCUT2D eigenvalue weighted by molar-refractivity contribution is 6.00. The van der Waals surface area contributed by atoms with E-state index in [-0.39, 0.29) is 38.3 Å². The summed E-state index contributed by atoms with van der Waals surface area (Å²) in [5.74, 6) is -1.92. The number of piperazine rings is 2. The number of amides is 6. The molecule has 4 aliphatic rings. The van der Waals surface area contributed by atoms with Crippen LogP contribution >= 0.6 is 0 Å². The Labute approximate surface area is 221 Å². The van der Waals surface area contributed by atoms with E-state index in [2.05, 4.69) is 0 Å². The van der Waals surface area contributed by atoms with Gasteiger partial charge < -0.3 is 19.3 Å². The molecule has 2 atom stereocenters. The predicted molar refractivity (Wildman–Crippen MR) is 130 cm³/mol. The zero-order valence-corrected chi connectivity index (χ0v) is 22.0. The van der Waals surface area contributed by atoms with Crippen molar-refractivity contribution in [3.05, 3.63) is 0 Å². The first-order valence-corrected chi connectivity index (χ1v) is 13.1. The van der Waals surface area contributed by atoms with Crippen molar-refractivity contribution in [2.24, 2.45) is 0 Å². The average molecular weight is 537 g/mol. The molecule has 0 bridgehead atoms. The molecule has 38 heavy (non-hydrogen) atoms. The zero-order valence-electron chi connectivity index (χ0n) is 22.0. The fraction of sp³-hybridized carbons (Fsp3) is 0.750. The second-order valence-electron chi connectivity index (χ2n) is 10.2. The third-order valence-corrected chi connectivity index (χ3v) is 7.77. The van der Waals surface area contributed by atoms with E-state index in [9.17, 15) is 28.8 Å². The van der Waals surface area contributed by atoms with Crippen LogP contribution in [-0.2, 0) is 28.7 Å². The zero-order chi connectivity index (χ0) is 27.4. The number of ether oxygens (including phenoxy) is 2. The Hall–Kier alpha value is -3.26. The third-order valence-electron chi connectivity index (χ3n) is 7.77. The van der Waals surface area contributed by atoms with Crippen LogP contribution in [0.2, 0.25) is 0 Å². The summed E-state index contributed by atoms with van der Waals surface area (Å²) in [5.41, 5.74) is 0. The molecule has 6 amide bonds. The van der Waals surface area contributed by atoms with Gasteiger partial charge in [-0.15, -0.1) is 0 Å². The van der Waals surface area contributed by atoms with Crippen LogP contribution in [0.15, 0.2) is 0 Å². The summed E-state index contributed by atoms with van der Waals surface area (Å²) in [4.78, 5) is 83.4. The molecule has 210 valence electrons. The van der Waals surface area contributed by atoms with Crippen molar-refractivity contribution in [3.8, 4) is 0 Å². The molecule has 0 saturated carbocycles. The molecule has 2 unspecified atom stereocenters. The number of imide groups is 2. The largest absolute Gasteiger partial charge is 0.427 e. The molecule has 0 N–H and O–H groups in total. The molecule has 0 radical (unpaired) electrons. The van der Waals surface area contributed by atoms with Crippen molar-refractivity contribution in [2.75, 3.05) is 65.8 Å². The van der Waals surface area contributed by atoms with E-state index in [1.54, 1.807) is 19.6 Å². The van der Waals surface area contributed by atoms with Crippen LogP contribution in [0.4, 0.5) is 9.59 Å². The van der Waals surface area contributed by atoms with Gasteiger partial charge in [0.05, 0.1) is 26.2 Å². The van der Waals surface area contributed by atoms with E-state index >= 15 is 0 Å². The van der Waals surface area contributed by atoms with E-state index in [0.29, 0.717) is 26.2 Å². The van der Waals surface area contributed by atoms with Crippen molar-refractivity contribution in [1.82, 2.24) is 29.4 Å². The Kier molecular flexibility index (Phi) is 8.82. The fourth-order valence-electron chi connectivity index (χ4n) is 5.12. The molecule has 0 aromatic rings. The Bertz CT molecular complexity index is 852. The summed E-state index contributed by atoms with van der Waals surface area (Å²) in [5, 5.41) is 0. The smallest absolute Gasteiger partial charge is 0.411 e. The highest BCUT2D eigenvalue weighted by atomic mass is 16.6. The molecule has 4 heterocycles. The minimum atomic E-state index is -0.535. The van der Waals surface area contributed by atoms with E-state index in [4.69, 9.17) is 9.47 Å². The Morgan fingerprint density at radius 1 is 0.605 bits per heavy atom. The maximum absolute atomic E-state index is 12.7. The lowest BCUT2D eigenvalue weighted by Gasteiger charge is -2.43. The van der Waals surface area contributed by atoms with Gasteiger partial charge in [-0.1, -0.05) is 0 Å². The van der Waals surface area contributed by atoms with Gasteiger partial charge in [-0.3, -0.25) is 29.0 Å². The molecule has 4 rings (SSSR count). The van der Waals surface area contributed by atoms with Crippen LogP contribution in [0.3, 0.4) is 0 Å². The molecule has 14 heteroatoms. The van der Waals surface area contributed by atoms with Gasteiger partial charge in [0.25, 0.3) is 0 Å². The van der Waals surface area contributed by atoms with E-state index in [0.717, 1.165) is 35.5 Å². The highest BCUT2D eigenvalue weighted by Crippen LogP contribution is 2.19. The van der Waals surface area contributed by atoms with Crippen LogP contribution in [-0.4, -0.2) is 143 Å². The molecule has 0 aromatic heterocycles. The summed E-state index contributed by atoms with van der Waals surface area (Å²) in [6, 6.07) is -0.672. The maximum Gasteiger partial charge on any atom is 0.411 e. The molecular formula is C24H36N6O8. The first-order valence-electron chi connectivity index (χ1n) is 13.1. The van der Waals surface area contributed by atoms with Crippen LogP contribution in [0.5, 0.6) is 0 Å². The van der Waals surface area contributed by atoms with Gasteiger partial charge in [-0.25, -0.2) is 19.4 Å². The molecule has 4 aliphatic heterocycles. The third kappa shape index (κ3) is 6.23. The molecule has 0 spiro atoms. The van der Waals surface area contributed by atoms with Crippen LogP contribution in [0.1, 0.15) is 39.5 Å². The summed E-state index contributed by atoms with van der Waals surface area (Å²) < 4.78 is 10.3. The second kappa shape index (κ2) is 12.1. The van der Waals surface area contributed by atoms with Crippen molar-refractivity contribution >= 4 is 35.8 Å². The predicted octanol–water partition coefficient (Wildman–Crippen LogP) is -0.515.